The molecule has 0 radical (unpaired) electrons. The average Bonchev–Trinajstić information content (AvgIpc) is 2.29. The number of para-hydroxylation sites is 1. The van der Waals surface area contributed by atoms with Crippen molar-refractivity contribution < 1.29 is 8.42 Å². The number of nitrogens with two attached hydrogens (primary N) is 1. The first-order valence-corrected chi connectivity index (χ1v) is 7.88. The first kappa shape index (κ1) is 15.9. The number of aryl methyl sites for hydroxylation is 1. The Morgan fingerprint density at radius 1 is 1.32 bits per heavy atom. The number of benzene rings is 1. The zero-order chi connectivity index (χ0) is 14.5. The van der Waals surface area contributed by atoms with Crippen LogP contribution in [0.2, 0.25) is 0 Å². The summed E-state index contributed by atoms with van der Waals surface area (Å²) in [5.41, 5.74) is 7.12. The normalized spacial score (nSPS) is 11.8. The predicted octanol–water partition coefficient (Wildman–Crippen LogP) is 1.39. The fraction of sp³-hybridized carbons (Fsp3) is 0.538. The van der Waals surface area contributed by atoms with Crippen LogP contribution in [0.5, 0.6) is 0 Å². The van der Waals surface area contributed by atoms with Crippen LogP contribution in [-0.4, -0.2) is 27.5 Å². The van der Waals surface area contributed by atoms with Crippen LogP contribution in [0.3, 0.4) is 0 Å². The van der Waals surface area contributed by atoms with Crippen LogP contribution in [0.15, 0.2) is 24.3 Å². The highest BCUT2D eigenvalue weighted by Crippen LogP contribution is 2.22. The molecule has 3 N–H and O–H groups in total. The first-order chi connectivity index (χ1) is 8.88. The van der Waals surface area contributed by atoms with Gasteiger partial charge in [-0.15, -0.1) is 0 Å². The molecule has 0 atom stereocenters. The smallest absolute Gasteiger partial charge is 0.301 e. The highest BCUT2D eigenvalue weighted by molar-refractivity contribution is 7.90. The maximum Gasteiger partial charge on any atom is 0.301 e. The molecule has 0 amide bonds. The maximum atomic E-state index is 12.4. The van der Waals surface area contributed by atoms with Gasteiger partial charge in [0.15, 0.2) is 0 Å². The van der Waals surface area contributed by atoms with Crippen LogP contribution >= 0.6 is 0 Å². The molecule has 0 saturated heterocycles. The van der Waals surface area contributed by atoms with E-state index in [9.17, 15) is 8.42 Å². The van der Waals surface area contributed by atoms with E-state index in [0.717, 1.165) is 5.56 Å². The van der Waals surface area contributed by atoms with E-state index in [-0.39, 0.29) is 6.04 Å². The fourth-order valence-corrected chi connectivity index (χ4v) is 3.37. The van der Waals surface area contributed by atoms with Gasteiger partial charge < -0.3 is 5.73 Å². The fourth-order valence-electron chi connectivity index (χ4n) is 1.81. The van der Waals surface area contributed by atoms with Gasteiger partial charge in [0.2, 0.25) is 0 Å². The van der Waals surface area contributed by atoms with E-state index < -0.39 is 10.2 Å². The van der Waals surface area contributed by atoms with E-state index in [4.69, 9.17) is 5.73 Å². The number of hydrogen-bond acceptors (Lipinski definition) is 3. The minimum absolute atomic E-state index is 0.144. The van der Waals surface area contributed by atoms with Crippen molar-refractivity contribution in [3.63, 3.8) is 0 Å². The third kappa shape index (κ3) is 4.49. The number of rotatable bonds is 7. The maximum absolute atomic E-state index is 12.4. The second kappa shape index (κ2) is 6.88. The highest BCUT2D eigenvalue weighted by Gasteiger charge is 2.23. The van der Waals surface area contributed by atoms with Gasteiger partial charge in [-0.1, -0.05) is 18.2 Å². The average molecular weight is 285 g/mol. The number of nitrogens with one attached hydrogen (secondary N) is 1. The Balaban J connectivity index is 3.12. The van der Waals surface area contributed by atoms with Crippen LogP contribution in [0.1, 0.15) is 25.8 Å². The number of anilines is 1. The van der Waals surface area contributed by atoms with Gasteiger partial charge in [-0.05, 0) is 45.4 Å². The molecule has 0 saturated carbocycles. The highest BCUT2D eigenvalue weighted by atomic mass is 32.2. The quantitative estimate of drug-likeness (QED) is 0.795. The molecule has 0 bridgehead atoms. The van der Waals surface area contributed by atoms with E-state index in [1.165, 1.54) is 4.31 Å². The Morgan fingerprint density at radius 2 is 1.95 bits per heavy atom. The van der Waals surface area contributed by atoms with E-state index in [1.807, 2.05) is 31.2 Å². The summed E-state index contributed by atoms with van der Waals surface area (Å²) < 4.78 is 28.8. The zero-order valence-electron chi connectivity index (χ0n) is 11.8. The van der Waals surface area contributed by atoms with Crippen molar-refractivity contribution >= 4 is 15.9 Å². The van der Waals surface area contributed by atoms with Crippen molar-refractivity contribution in [3.05, 3.63) is 29.8 Å². The topological polar surface area (TPSA) is 75.4 Å². The molecule has 0 aliphatic carbocycles. The molecule has 0 spiro atoms. The van der Waals surface area contributed by atoms with E-state index in [1.54, 1.807) is 13.8 Å². The molecule has 1 aromatic rings. The molecule has 0 aromatic heterocycles. The van der Waals surface area contributed by atoms with Crippen molar-refractivity contribution in [1.82, 2.24) is 4.72 Å². The summed E-state index contributed by atoms with van der Waals surface area (Å²) in [5.74, 6) is 0. The molecule has 19 heavy (non-hydrogen) atoms. The first-order valence-electron chi connectivity index (χ1n) is 6.44. The molecule has 0 aliphatic rings. The van der Waals surface area contributed by atoms with Crippen molar-refractivity contribution in [2.45, 2.75) is 33.2 Å². The Hall–Kier alpha value is -1.11. The van der Waals surface area contributed by atoms with E-state index in [0.29, 0.717) is 25.2 Å². The van der Waals surface area contributed by atoms with Crippen molar-refractivity contribution in [1.29, 1.82) is 0 Å². The molecule has 0 unspecified atom stereocenters. The van der Waals surface area contributed by atoms with Crippen molar-refractivity contribution in [2.75, 3.05) is 17.4 Å². The van der Waals surface area contributed by atoms with Gasteiger partial charge in [-0.25, -0.2) is 0 Å². The number of nitrogens with zero attached hydrogens (tertiary/aromatic N) is 1. The third-order valence-corrected chi connectivity index (χ3v) is 4.35. The minimum atomic E-state index is -3.54. The second-order valence-corrected chi connectivity index (χ2v) is 6.41. The molecule has 1 aromatic carbocycles. The SMILES string of the molecule is Cc1ccccc1N(CCCN)S(=O)(=O)NC(C)C. The van der Waals surface area contributed by atoms with Crippen LogP contribution in [-0.2, 0) is 10.2 Å². The van der Waals surface area contributed by atoms with Crippen molar-refractivity contribution in [3.8, 4) is 0 Å². The lowest BCUT2D eigenvalue weighted by molar-refractivity contribution is 0.563. The molecule has 6 heteroatoms. The van der Waals surface area contributed by atoms with Crippen molar-refractivity contribution in [2.24, 2.45) is 5.73 Å². The van der Waals surface area contributed by atoms with Gasteiger partial charge >= 0.3 is 10.2 Å². The molecule has 0 fully saturated rings. The third-order valence-electron chi connectivity index (χ3n) is 2.62. The predicted molar refractivity (Wildman–Crippen MR) is 79.4 cm³/mol. The largest absolute Gasteiger partial charge is 0.330 e. The van der Waals surface area contributed by atoms with Gasteiger partial charge in [-0.2, -0.15) is 13.1 Å². The Kier molecular flexibility index (Phi) is 5.78. The summed E-state index contributed by atoms with van der Waals surface area (Å²) in [7, 11) is -3.54. The summed E-state index contributed by atoms with van der Waals surface area (Å²) >= 11 is 0. The summed E-state index contributed by atoms with van der Waals surface area (Å²) in [6, 6.07) is 7.29. The van der Waals surface area contributed by atoms with Crippen LogP contribution in [0, 0.1) is 6.92 Å². The molecule has 5 nitrogen and oxygen atoms in total. The summed E-state index contributed by atoms with van der Waals surface area (Å²) in [4.78, 5) is 0. The van der Waals surface area contributed by atoms with Gasteiger partial charge in [0, 0.05) is 12.6 Å². The molecule has 0 heterocycles. The standard InChI is InChI=1S/C13H23N3O2S/c1-11(2)15-19(17,18)16(10-6-9-14)13-8-5-4-7-12(13)3/h4-5,7-8,11,15H,6,9-10,14H2,1-3H3. The van der Waals surface area contributed by atoms with Crippen LogP contribution in [0.4, 0.5) is 5.69 Å². The Bertz CT molecular complexity index is 500. The molecular formula is C13H23N3O2S. The summed E-state index contributed by atoms with van der Waals surface area (Å²) in [5, 5.41) is 0. The van der Waals surface area contributed by atoms with Gasteiger partial charge in [0.25, 0.3) is 0 Å². The molecule has 108 valence electrons. The molecule has 0 aliphatic heterocycles. The monoisotopic (exact) mass is 285 g/mol. The second-order valence-electron chi connectivity index (χ2n) is 4.78. The molecular weight excluding hydrogens is 262 g/mol. The van der Waals surface area contributed by atoms with E-state index in [2.05, 4.69) is 4.72 Å². The lowest BCUT2D eigenvalue weighted by atomic mass is 10.2. The Labute approximate surface area is 116 Å². The van der Waals surface area contributed by atoms with Crippen LogP contribution < -0.4 is 14.8 Å². The Morgan fingerprint density at radius 3 is 2.47 bits per heavy atom. The zero-order valence-corrected chi connectivity index (χ0v) is 12.6. The minimum Gasteiger partial charge on any atom is -0.330 e. The van der Waals surface area contributed by atoms with Gasteiger partial charge in [0.1, 0.15) is 0 Å². The van der Waals surface area contributed by atoms with Gasteiger partial charge in [-0.3, -0.25) is 4.31 Å². The number of hydrogen-bond donors (Lipinski definition) is 2. The lowest BCUT2D eigenvalue weighted by Gasteiger charge is -2.27. The van der Waals surface area contributed by atoms with Gasteiger partial charge in [0.05, 0.1) is 5.69 Å². The lowest BCUT2D eigenvalue weighted by Crippen LogP contribution is -2.44. The summed E-state index contributed by atoms with van der Waals surface area (Å²) in [6.07, 6.45) is 0.618. The van der Waals surface area contributed by atoms with E-state index >= 15 is 0 Å². The molecule has 1 rings (SSSR count). The van der Waals surface area contributed by atoms with Crippen LogP contribution in [0.25, 0.3) is 0 Å². The summed E-state index contributed by atoms with van der Waals surface area (Å²) in [6.45, 7) is 6.34.